The third-order valence-corrected chi connectivity index (χ3v) is 5.70. The first-order chi connectivity index (χ1) is 14.6. The van der Waals surface area contributed by atoms with Crippen LogP contribution < -0.4 is 5.32 Å². The van der Waals surface area contributed by atoms with Crippen molar-refractivity contribution in [2.24, 2.45) is 0 Å². The van der Waals surface area contributed by atoms with Crippen LogP contribution in [0, 0.1) is 13.8 Å². The maximum Gasteiger partial charge on any atom is 0.251 e. The fourth-order valence-corrected chi connectivity index (χ4v) is 4.06. The van der Waals surface area contributed by atoms with Crippen molar-refractivity contribution in [3.05, 3.63) is 95.2 Å². The molecule has 0 unspecified atom stereocenters. The Labute approximate surface area is 179 Å². The number of carbonyl (C=O) groups excluding carboxylic acids is 1. The SMILES string of the molecule is Cc1ccc(-n2cnnc2SCc2cccc(C(=O)NCc3ccco3)c2)c(C)c1. The van der Waals surface area contributed by atoms with Crippen molar-refractivity contribution >= 4 is 17.7 Å². The van der Waals surface area contributed by atoms with Crippen LogP contribution in [0.5, 0.6) is 0 Å². The molecule has 2 aromatic carbocycles. The molecule has 2 aromatic heterocycles. The van der Waals surface area contributed by atoms with Crippen molar-refractivity contribution in [2.75, 3.05) is 0 Å². The largest absolute Gasteiger partial charge is 0.467 e. The van der Waals surface area contributed by atoms with E-state index in [1.165, 1.54) is 11.1 Å². The van der Waals surface area contributed by atoms with Crippen LogP contribution in [-0.4, -0.2) is 20.7 Å². The number of nitrogens with one attached hydrogen (secondary N) is 1. The van der Waals surface area contributed by atoms with Gasteiger partial charge in [0, 0.05) is 11.3 Å². The van der Waals surface area contributed by atoms with Gasteiger partial charge in [0.15, 0.2) is 5.16 Å². The van der Waals surface area contributed by atoms with Gasteiger partial charge in [-0.15, -0.1) is 10.2 Å². The van der Waals surface area contributed by atoms with Crippen molar-refractivity contribution in [3.8, 4) is 5.69 Å². The third kappa shape index (κ3) is 4.63. The number of hydrogen-bond acceptors (Lipinski definition) is 5. The van der Waals surface area contributed by atoms with Crippen LogP contribution in [0.25, 0.3) is 5.69 Å². The van der Waals surface area contributed by atoms with Crippen LogP contribution in [0.3, 0.4) is 0 Å². The smallest absolute Gasteiger partial charge is 0.251 e. The molecule has 0 aliphatic carbocycles. The number of nitrogens with zero attached hydrogens (tertiary/aromatic N) is 3. The molecule has 2 heterocycles. The lowest BCUT2D eigenvalue weighted by Crippen LogP contribution is -2.22. The number of furan rings is 1. The molecule has 0 saturated heterocycles. The van der Waals surface area contributed by atoms with Gasteiger partial charge in [0.05, 0.1) is 18.5 Å². The summed E-state index contributed by atoms with van der Waals surface area (Å²) in [5.74, 6) is 1.28. The lowest BCUT2D eigenvalue weighted by atomic mass is 10.1. The van der Waals surface area contributed by atoms with Gasteiger partial charge in [-0.1, -0.05) is 41.6 Å². The first kappa shape index (κ1) is 20.0. The van der Waals surface area contributed by atoms with Crippen LogP contribution in [0.4, 0.5) is 0 Å². The van der Waals surface area contributed by atoms with Gasteiger partial charge in [0.2, 0.25) is 0 Å². The number of hydrogen-bond donors (Lipinski definition) is 1. The van der Waals surface area contributed by atoms with Gasteiger partial charge < -0.3 is 9.73 Å². The highest BCUT2D eigenvalue weighted by Gasteiger charge is 2.11. The zero-order chi connectivity index (χ0) is 20.9. The molecule has 0 aliphatic rings. The predicted molar refractivity (Wildman–Crippen MR) is 117 cm³/mol. The molecule has 0 atom stereocenters. The topological polar surface area (TPSA) is 73.0 Å². The molecule has 0 saturated carbocycles. The van der Waals surface area contributed by atoms with Crippen LogP contribution in [0.15, 0.2) is 76.8 Å². The summed E-state index contributed by atoms with van der Waals surface area (Å²) in [4.78, 5) is 12.4. The van der Waals surface area contributed by atoms with Crippen molar-refractivity contribution in [1.82, 2.24) is 20.1 Å². The summed E-state index contributed by atoms with van der Waals surface area (Å²) in [6.45, 7) is 4.53. The standard InChI is InChI=1S/C23H22N4O2S/c1-16-8-9-21(17(2)11-16)27-15-25-26-23(27)30-14-18-5-3-6-19(12-18)22(28)24-13-20-7-4-10-29-20/h3-12,15H,13-14H2,1-2H3,(H,24,28). The van der Waals surface area contributed by atoms with Gasteiger partial charge >= 0.3 is 0 Å². The number of benzene rings is 2. The second-order valence-corrected chi connectivity index (χ2v) is 7.97. The average Bonchev–Trinajstić information content (AvgIpc) is 3.43. The van der Waals surface area contributed by atoms with E-state index in [0.29, 0.717) is 17.9 Å². The van der Waals surface area contributed by atoms with E-state index in [9.17, 15) is 4.79 Å². The van der Waals surface area contributed by atoms with Crippen LogP contribution in [0.2, 0.25) is 0 Å². The summed E-state index contributed by atoms with van der Waals surface area (Å²) in [5.41, 5.74) is 5.13. The van der Waals surface area contributed by atoms with Gasteiger partial charge in [0.1, 0.15) is 12.1 Å². The zero-order valence-electron chi connectivity index (χ0n) is 16.8. The van der Waals surface area contributed by atoms with Crippen LogP contribution in [-0.2, 0) is 12.3 Å². The molecule has 0 aliphatic heterocycles. The van der Waals surface area contributed by atoms with E-state index in [0.717, 1.165) is 22.2 Å². The number of aromatic nitrogens is 3. The number of amides is 1. The summed E-state index contributed by atoms with van der Waals surface area (Å²) >= 11 is 1.59. The Morgan fingerprint density at radius 2 is 2.03 bits per heavy atom. The second kappa shape index (κ2) is 9.00. The normalized spacial score (nSPS) is 10.9. The Kier molecular flexibility index (Phi) is 5.99. The highest BCUT2D eigenvalue weighted by atomic mass is 32.2. The Hall–Kier alpha value is -3.32. The fraction of sp³-hybridized carbons (Fsp3) is 0.174. The molecule has 152 valence electrons. The molecule has 0 spiro atoms. The lowest BCUT2D eigenvalue weighted by Gasteiger charge is -2.10. The minimum atomic E-state index is -0.128. The quantitative estimate of drug-likeness (QED) is 0.441. The molecule has 7 heteroatoms. The Bertz CT molecular complexity index is 1150. The Balaban J connectivity index is 1.43. The van der Waals surface area contributed by atoms with Crippen molar-refractivity contribution < 1.29 is 9.21 Å². The molecule has 6 nitrogen and oxygen atoms in total. The molecule has 4 aromatic rings. The molecule has 4 rings (SSSR count). The minimum absolute atomic E-state index is 0.128. The van der Waals surface area contributed by atoms with E-state index in [-0.39, 0.29) is 5.91 Å². The Morgan fingerprint density at radius 3 is 2.83 bits per heavy atom. The van der Waals surface area contributed by atoms with Crippen LogP contribution >= 0.6 is 11.8 Å². The minimum Gasteiger partial charge on any atom is -0.467 e. The van der Waals surface area contributed by atoms with Crippen LogP contribution in [0.1, 0.15) is 32.8 Å². The molecule has 1 N–H and O–H groups in total. The monoisotopic (exact) mass is 418 g/mol. The summed E-state index contributed by atoms with van der Waals surface area (Å²) in [7, 11) is 0. The molecular weight excluding hydrogens is 396 g/mol. The molecule has 0 fully saturated rings. The maximum absolute atomic E-state index is 12.4. The van der Waals surface area contributed by atoms with Gasteiger partial charge in [-0.25, -0.2) is 0 Å². The predicted octanol–water partition coefficient (Wildman–Crippen LogP) is 4.70. The first-order valence-corrected chi connectivity index (χ1v) is 10.6. The van der Waals surface area contributed by atoms with E-state index in [1.807, 2.05) is 34.9 Å². The number of carbonyl (C=O) groups is 1. The van der Waals surface area contributed by atoms with Crippen molar-refractivity contribution in [3.63, 3.8) is 0 Å². The van der Waals surface area contributed by atoms with Gasteiger partial charge in [-0.3, -0.25) is 9.36 Å². The second-order valence-electron chi connectivity index (χ2n) is 7.02. The van der Waals surface area contributed by atoms with Crippen molar-refractivity contribution in [2.45, 2.75) is 31.3 Å². The summed E-state index contributed by atoms with van der Waals surface area (Å²) < 4.78 is 7.25. The van der Waals surface area contributed by atoms with Gasteiger partial charge in [0.25, 0.3) is 5.91 Å². The van der Waals surface area contributed by atoms with E-state index < -0.39 is 0 Å². The summed E-state index contributed by atoms with van der Waals surface area (Å²) in [6, 6.07) is 17.6. The first-order valence-electron chi connectivity index (χ1n) is 9.60. The molecular formula is C23H22N4O2S. The number of aryl methyl sites for hydroxylation is 2. The molecule has 0 radical (unpaired) electrons. The highest BCUT2D eigenvalue weighted by Crippen LogP contribution is 2.25. The van der Waals surface area contributed by atoms with E-state index in [1.54, 1.807) is 30.4 Å². The zero-order valence-corrected chi connectivity index (χ0v) is 17.6. The lowest BCUT2D eigenvalue weighted by molar-refractivity contribution is 0.0948. The fourth-order valence-electron chi connectivity index (χ4n) is 3.20. The molecule has 30 heavy (non-hydrogen) atoms. The average molecular weight is 419 g/mol. The van der Waals surface area contributed by atoms with Gasteiger partial charge in [-0.2, -0.15) is 0 Å². The Morgan fingerprint density at radius 1 is 1.13 bits per heavy atom. The third-order valence-electron chi connectivity index (χ3n) is 4.69. The number of rotatable bonds is 7. The summed E-state index contributed by atoms with van der Waals surface area (Å²) in [5, 5.41) is 12.0. The van der Waals surface area contributed by atoms with Gasteiger partial charge in [-0.05, 0) is 55.3 Å². The molecule has 0 bridgehead atoms. The molecule has 1 amide bonds. The summed E-state index contributed by atoms with van der Waals surface area (Å²) in [6.07, 6.45) is 3.33. The number of thioether (sulfide) groups is 1. The maximum atomic E-state index is 12.4. The van der Waals surface area contributed by atoms with E-state index >= 15 is 0 Å². The van der Waals surface area contributed by atoms with Crippen molar-refractivity contribution in [1.29, 1.82) is 0 Å². The van der Waals surface area contributed by atoms with E-state index in [2.05, 4.69) is 47.6 Å². The highest BCUT2D eigenvalue weighted by molar-refractivity contribution is 7.98. The van der Waals surface area contributed by atoms with E-state index in [4.69, 9.17) is 4.42 Å².